The summed E-state index contributed by atoms with van der Waals surface area (Å²) in [5.74, 6) is 0.975. The number of benzene rings is 3. The Morgan fingerprint density at radius 2 is 1.44 bits per heavy atom. The molecule has 3 aromatic carbocycles. The van der Waals surface area contributed by atoms with E-state index in [4.69, 9.17) is 4.74 Å². The van der Waals surface area contributed by atoms with Crippen molar-refractivity contribution in [3.05, 3.63) is 77.9 Å². The Bertz CT molecular complexity index is 1490. The van der Waals surface area contributed by atoms with Gasteiger partial charge in [0.2, 0.25) is 26.0 Å². The molecule has 0 saturated carbocycles. The van der Waals surface area contributed by atoms with Gasteiger partial charge in [-0.25, -0.2) is 16.8 Å². The van der Waals surface area contributed by atoms with E-state index in [2.05, 4.69) is 0 Å². The third-order valence-corrected chi connectivity index (χ3v) is 9.39. The molecule has 188 valence electrons. The molecule has 0 fully saturated rings. The van der Waals surface area contributed by atoms with Crippen LogP contribution in [0.4, 0.5) is 17.1 Å². The fourth-order valence-electron chi connectivity index (χ4n) is 4.76. The minimum absolute atomic E-state index is 0.0498. The molecule has 0 N–H and O–H groups in total. The molecule has 2 heterocycles. The zero-order valence-electron chi connectivity index (χ0n) is 19.8. The second kappa shape index (κ2) is 8.91. The Morgan fingerprint density at radius 1 is 0.861 bits per heavy atom. The number of hydrogen-bond acceptors (Lipinski definition) is 7. The number of fused-ring (bicyclic) bond motifs is 3. The van der Waals surface area contributed by atoms with Crippen LogP contribution in [0.15, 0.2) is 66.7 Å². The minimum Gasteiger partial charge on any atom is -0.453 e. The van der Waals surface area contributed by atoms with Crippen molar-refractivity contribution in [2.45, 2.75) is 13.0 Å². The van der Waals surface area contributed by atoms with E-state index in [1.807, 2.05) is 47.4 Å². The molecule has 0 saturated heterocycles. The van der Waals surface area contributed by atoms with Crippen molar-refractivity contribution in [1.29, 1.82) is 0 Å². The largest absolute Gasteiger partial charge is 0.453 e. The van der Waals surface area contributed by atoms with Gasteiger partial charge in [0, 0.05) is 13.1 Å². The van der Waals surface area contributed by atoms with Crippen molar-refractivity contribution < 1.29 is 26.4 Å². The molecule has 0 atom stereocenters. The van der Waals surface area contributed by atoms with Crippen LogP contribution in [0.25, 0.3) is 0 Å². The van der Waals surface area contributed by atoms with Crippen molar-refractivity contribution in [3.8, 4) is 11.5 Å². The van der Waals surface area contributed by atoms with Crippen LogP contribution in [-0.4, -0.2) is 53.2 Å². The molecule has 0 aromatic heterocycles. The highest BCUT2D eigenvalue weighted by atomic mass is 32.3. The molecule has 0 radical (unpaired) electrons. The summed E-state index contributed by atoms with van der Waals surface area (Å²) >= 11 is 0. The first-order valence-corrected chi connectivity index (χ1v) is 15.0. The Balaban J connectivity index is 1.47. The Hall–Kier alpha value is -3.41. The van der Waals surface area contributed by atoms with E-state index in [-0.39, 0.29) is 24.7 Å². The molecule has 36 heavy (non-hydrogen) atoms. The van der Waals surface area contributed by atoms with Crippen LogP contribution in [0.3, 0.4) is 0 Å². The summed E-state index contributed by atoms with van der Waals surface area (Å²) in [6, 6.07) is 19.6. The lowest BCUT2D eigenvalue weighted by Crippen LogP contribution is -2.42. The molecule has 2 aliphatic rings. The first-order valence-electron chi connectivity index (χ1n) is 11.3. The van der Waals surface area contributed by atoms with E-state index < -0.39 is 20.0 Å². The van der Waals surface area contributed by atoms with Gasteiger partial charge in [0.15, 0.2) is 11.5 Å². The highest BCUT2D eigenvalue weighted by Gasteiger charge is 2.34. The Labute approximate surface area is 210 Å². The van der Waals surface area contributed by atoms with E-state index in [9.17, 15) is 21.6 Å². The van der Waals surface area contributed by atoms with Gasteiger partial charge in [0.25, 0.3) is 0 Å². The van der Waals surface area contributed by atoms with Gasteiger partial charge in [-0.05, 0) is 47.9 Å². The van der Waals surface area contributed by atoms with E-state index in [1.54, 1.807) is 23.1 Å². The highest BCUT2D eigenvalue weighted by molar-refractivity contribution is 8.09. The maximum atomic E-state index is 13.7. The number of hydrogen-bond donors (Lipinski definition) is 0. The van der Waals surface area contributed by atoms with Gasteiger partial charge in [0.05, 0.1) is 36.1 Å². The zero-order valence-corrected chi connectivity index (χ0v) is 21.4. The lowest BCUT2D eigenvalue weighted by atomic mass is 9.98. The lowest BCUT2D eigenvalue weighted by Gasteiger charge is -2.35. The second-order valence-corrected chi connectivity index (χ2v) is 12.8. The van der Waals surface area contributed by atoms with E-state index in [1.165, 1.54) is 6.07 Å². The number of carbonyl (C=O) groups is 1. The zero-order chi connectivity index (χ0) is 25.7. The van der Waals surface area contributed by atoms with Gasteiger partial charge in [-0.3, -0.25) is 14.6 Å². The third-order valence-electron chi connectivity index (χ3n) is 6.17. The molecular formula is C25H25N3O6S2. The summed E-state index contributed by atoms with van der Waals surface area (Å²) in [5.41, 5.74) is 2.81. The van der Waals surface area contributed by atoms with E-state index in [0.717, 1.165) is 18.1 Å². The van der Waals surface area contributed by atoms with Crippen LogP contribution in [0.5, 0.6) is 11.5 Å². The molecule has 0 bridgehead atoms. The number of nitrogens with zero attached hydrogens (tertiary/aromatic N) is 3. The summed E-state index contributed by atoms with van der Waals surface area (Å²) in [6.07, 6.45) is 2.28. The molecule has 0 unspecified atom stereocenters. The predicted molar refractivity (Wildman–Crippen MR) is 138 cm³/mol. The first kappa shape index (κ1) is 24.3. The van der Waals surface area contributed by atoms with Gasteiger partial charge in [-0.2, -0.15) is 3.71 Å². The molecule has 5 rings (SSSR count). The molecule has 1 amide bonds. The van der Waals surface area contributed by atoms with Crippen LogP contribution in [-0.2, 0) is 37.8 Å². The molecule has 2 aliphatic heterocycles. The normalized spacial score (nSPS) is 15.3. The summed E-state index contributed by atoms with van der Waals surface area (Å²) in [7, 11) is -8.19. The van der Waals surface area contributed by atoms with Crippen LogP contribution in [0.2, 0.25) is 0 Å². The van der Waals surface area contributed by atoms with Crippen molar-refractivity contribution in [1.82, 2.24) is 4.90 Å². The Morgan fingerprint density at radius 3 is 2.03 bits per heavy atom. The monoisotopic (exact) mass is 527 g/mol. The number of ether oxygens (including phenoxy) is 1. The smallest absolute Gasteiger partial charge is 0.245 e. The molecule has 11 heteroatoms. The number of amides is 1. The summed E-state index contributed by atoms with van der Waals surface area (Å²) in [5, 5.41) is 0. The van der Waals surface area contributed by atoms with Crippen molar-refractivity contribution in [2.75, 3.05) is 34.2 Å². The van der Waals surface area contributed by atoms with Crippen molar-refractivity contribution in [3.63, 3.8) is 0 Å². The molecule has 9 nitrogen and oxygen atoms in total. The molecular weight excluding hydrogens is 502 g/mol. The quantitative estimate of drug-likeness (QED) is 0.502. The summed E-state index contributed by atoms with van der Waals surface area (Å²) in [6.45, 7) is 0.841. The SMILES string of the molecule is CS(=O)(=O)N(c1cccc2c1CN(CC(=O)N1c3ccccc3Oc3ccccc31)CC2)S(C)(=O)=O. The highest BCUT2D eigenvalue weighted by Crippen LogP contribution is 2.46. The van der Waals surface area contributed by atoms with Crippen LogP contribution >= 0.6 is 0 Å². The third kappa shape index (κ3) is 4.45. The number of rotatable bonds is 5. The van der Waals surface area contributed by atoms with Gasteiger partial charge in [-0.15, -0.1) is 0 Å². The van der Waals surface area contributed by atoms with E-state index >= 15 is 0 Å². The maximum Gasteiger partial charge on any atom is 0.245 e. The second-order valence-electron chi connectivity index (χ2n) is 8.87. The first-order chi connectivity index (χ1) is 17.0. The number of anilines is 3. The Kier molecular flexibility index (Phi) is 6.01. The van der Waals surface area contributed by atoms with Crippen LogP contribution in [0, 0.1) is 0 Å². The number of para-hydroxylation sites is 4. The summed E-state index contributed by atoms with van der Waals surface area (Å²) in [4.78, 5) is 17.2. The topological polar surface area (TPSA) is 104 Å². The lowest BCUT2D eigenvalue weighted by molar-refractivity contribution is -0.119. The fourth-order valence-corrected chi connectivity index (χ4v) is 7.79. The number of sulfonamides is 2. The maximum absolute atomic E-state index is 13.7. The number of carbonyl (C=O) groups excluding carboxylic acids is 1. The standard InChI is InChI=1S/C25H25N3O6S2/c1-35(30,31)28(36(2,32)33)20-11-7-8-18-14-15-26(16-19(18)20)17-25(29)27-21-9-3-5-12-23(21)34-24-13-6-4-10-22(24)27/h3-13H,14-17H2,1-2H3. The van der Waals surface area contributed by atoms with E-state index in [0.29, 0.717) is 45.1 Å². The summed E-state index contributed by atoms with van der Waals surface area (Å²) < 4.78 is 56.1. The fraction of sp³-hybridized carbons (Fsp3) is 0.240. The molecule has 0 aliphatic carbocycles. The van der Waals surface area contributed by atoms with Crippen LogP contribution < -0.4 is 13.3 Å². The van der Waals surface area contributed by atoms with Crippen LogP contribution in [0.1, 0.15) is 11.1 Å². The molecule has 0 spiro atoms. The van der Waals surface area contributed by atoms with Gasteiger partial charge in [-0.1, -0.05) is 36.4 Å². The van der Waals surface area contributed by atoms with Crippen molar-refractivity contribution in [2.24, 2.45) is 0 Å². The van der Waals surface area contributed by atoms with Gasteiger partial charge < -0.3 is 4.74 Å². The molecule has 3 aromatic rings. The van der Waals surface area contributed by atoms with Gasteiger partial charge >= 0.3 is 0 Å². The van der Waals surface area contributed by atoms with Crippen molar-refractivity contribution >= 4 is 43.0 Å². The average Bonchev–Trinajstić information content (AvgIpc) is 2.81. The predicted octanol–water partition coefficient (Wildman–Crippen LogP) is 3.24. The van der Waals surface area contributed by atoms with Gasteiger partial charge in [0.1, 0.15) is 0 Å². The minimum atomic E-state index is -4.10. The average molecular weight is 528 g/mol.